The first-order valence-electron chi connectivity index (χ1n) is 6.60. The van der Waals surface area contributed by atoms with Gasteiger partial charge in [-0.15, -0.1) is 0 Å². The number of carbonyl (C=O) groups is 1. The number of ether oxygens (including phenoxy) is 1. The molecule has 0 aliphatic carbocycles. The molecule has 1 aromatic rings. The lowest BCUT2D eigenvalue weighted by Crippen LogP contribution is -2.48. The maximum Gasteiger partial charge on any atom is 0.254 e. The predicted molar refractivity (Wildman–Crippen MR) is 74.4 cm³/mol. The largest absolute Gasteiger partial charge is 0.373 e. The highest BCUT2D eigenvalue weighted by Crippen LogP contribution is 2.16. The topological polar surface area (TPSA) is 54.5 Å². The Morgan fingerprint density at radius 2 is 2.00 bits per heavy atom. The van der Waals surface area contributed by atoms with Gasteiger partial charge in [-0.3, -0.25) is 4.79 Å². The summed E-state index contributed by atoms with van der Waals surface area (Å²) in [6.07, 6.45) is 0.166. The number of rotatable bonds is 2. The van der Waals surface area contributed by atoms with Crippen molar-refractivity contribution in [1.82, 2.24) is 9.88 Å². The minimum absolute atomic E-state index is 0.0454. The number of carbonyl (C=O) groups excluding carboxylic acids is 1. The molecular formula is C14H21N3O2. The van der Waals surface area contributed by atoms with Gasteiger partial charge in [-0.05, 0) is 32.9 Å². The minimum atomic E-state index is 0.0454. The summed E-state index contributed by atoms with van der Waals surface area (Å²) < 4.78 is 5.65. The van der Waals surface area contributed by atoms with Crippen molar-refractivity contribution in [3.8, 4) is 0 Å². The van der Waals surface area contributed by atoms with Gasteiger partial charge in [0.25, 0.3) is 5.91 Å². The average Bonchev–Trinajstić information content (AvgIpc) is 2.35. The maximum absolute atomic E-state index is 12.5. The maximum atomic E-state index is 12.5. The van der Waals surface area contributed by atoms with E-state index in [1.807, 2.05) is 31.7 Å². The van der Waals surface area contributed by atoms with E-state index in [0.29, 0.717) is 18.7 Å². The molecule has 1 aliphatic heterocycles. The molecule has 0 bridgehead atoms. The zero-order chi connectivity index (χ0) is 14.0. The van der Waals surface area contributed by atoms with Crippen molar-refractivity contribution >= 4 is 11.7 Å². The normalized spacial score (nSPS) is 23.3. The molecule has 19 heavy (non-hydrogen) atoms. The van der Waals surface area contributed by atoms with Crippen molar-refractivity contribution in [2.24, 2.45) is 0 Å². The van der Waals surface area contributed by atoms with E-state index in [1.54, 1.807) is 13.1 Å². The highest BCUT2D eigenvalue weighted by atomic mass is 16.5. The Balaban J connectivity index is 2.21. The predicted octanol–water partition coefficient (Wildman–Crippen LogP) is 1.68. The third kappa shape index (κ3) is 3.23. The summed E-state index contributed by atoms with van der Waals surface area (Å²) in [6.45, 7) is 7.15. The molecule has 2 rings (SSSR count). The van der Waals surface area contributed by atoms with Crippen LogP contribution in [0.2, 0.25) is 0 Å². The first-order valence-corrected chi connectivity index (χ1v) is 6.60. The van der Waals surface area contributed by atoms with E-state index in [1.165, 1.54) is 0 Å². The molecule has 1 fully saturated rings. The number of aryl methyl sites for hydroxylation is 1. The van der Waals surface area contributed by atoms with Crippen molar-refractivity contribution in [3.63, 3.8) is 0 Å². The molecule has 0 radical (unpaired) electrons. The molecule has 0 saturated carbocycles. The highest BCUT2D eigenvalue weighted by molar-refractivity contribution is 5.95. The first-order chi connectivity index (χ1) is 8.99. The van der Waals surface area contributed by atoms with Crippen molar-refractivity contribution in [3.05, 3.63) is 23.4 Å². The van der Waals surface area contributed by atoms with E-state index < -0.39 is 0 Å². The van der Waals surface area contributed by atoms with Gasteiger partial charge < -0.3 is 15.0 Å². The molecule has 104 valence electrons. The number of amides is 1. The second-order valence-electron chi connectivity index (χ2n) is 5.10. The first kappa shape index (κ1) is 13.8. The van der Waals surface area contributed by atoms with Crippen molar-refractivity contribution in [2.75, 3.05) is 25.5 Å². The van der Waals surface area contributed by atoms with E-state index >= 15 is 0 Å². The van der Waals surface area contributed by atoms with Crippen LogP contribution in [0.25, 0.3) is 0 Å². The Morgan fingerprint density at radius 3 is 2.58 bits per heavy atom. The molecule has 1 aromatic heterocycles. The van der Waals surface area contributed by atoms with Gasteiger partial charge in [0.15, 0.2) is 0 Å². The van der Waals surface area contributed by atoms with Crippen LogP contribution in [0.3, 0.4) is 0 Å². The standard InChI is InChI=1S/C14H21N3O2/c1-9-5-12(6-13(15-4)16-9)14(18)17-7-10(2)19-11(3)8-17/h5-6,10-11H,7-8H2,1-4H3,(H,15,16)/t10-,11+. The quantitative estimate of drug-likeness (QED) is 0.882. The van der Waals surface area contributed by atoms with Crippen molar-refractivity contribution in [1.29, 1.82) is 0 Å². The van der Waals surface area contributed by atoms with Crippen LogP contribution in [0.5, 0.6) is 0 Å². The summed E-state index contributed by atoms with van der Waals surface area (Å²) in [7, 11) is 1.80. The lowest BCUT2D eigenvalue weighted by atomic mass is 10.1. The Kier molecular flexibility index (Phi) is 4.04. The zero-order valence-electron chi connectivity index (χ0n) is 11.9. The summed E-state index contributed by atoms with van der Waals surface area (Å²) in [5.41, 5.74) is 1.52. The molecule has 2 heterocycles. The van der Waals surface area contributed by atoms with E-state index in [-0.39, 0.29) is 18.1 Å². The summed E-state index contributed by atoms with van der Waals surface area (Å²) in [5.74, 6) is 0.765. The van der Waals surface area contributed by atoms with Crippen molar-refractivity contribution < 1.29 is 9.53 Å². The fraction of sp³-hybridized carbons (Fsp3) is 0.571. The SMILES string of the molecule is CNc1cc(C(=O)N2C[C@@H](C)O[C@@H](C)C2)cc(C)n1. The van der Waals surface area contributed by atoms with Gasteiger partial charge >= 0.3 is 0 Å². The molecule has 5 heteroatoms. The number of pyridine rings is 1. The van der Waals surface area contributed by atoms with Crippen LogP contribution in [0.1, 0.15) is 29.9 Å². The van der Waals surface area contributed by atoms with E-state index in [2.05, 4.69) is 10.3 Å². The fourth-order valence-corrected chi connectivity index (χ4v) is 2.45. The molecule has 0 spiro atoms. The van der Waals surface area contributed by atoms with E-state index in [9.17, 15) is 4.79 Å². The third-order valence-corrected chi connectivity index (χ3v) is 3.16. The van der Waals surface area contributed by atoms with Crippen LogP contribution >= 0.6 is 0 Å². The lowest BCUT2D eigenvalue weighted by molar-refractivity contribution is -0.0586. The van der Waals surface area contributed by atoms with Crippen LogP contribution in [0.4, 0.5) is 5.82 Å². The van der Waals surface area contributed by atoms with Crippen LogP contribution in [0, 0.1) is 6.92 Å². The van der Waals surface area contributed by atoms with E-state index in [4.69, 9.17) is 4.74 Å². The Morgan fingerprint density at radius 1 is 1.37 bits per heavy atom. The molecule has 1 aliphatic rings. The number of hydrogen-bond acceptors (Lipinski definition) is 4. The van der Waals surface area contributed by atoms with Crippen LogP contribution in [-0.2, 0) is 4.74 Å². The zero-order valence-corrected chi connectivity index (χ0v) is 11.9. The number of aromatic nitrogens is 1. The molecule has 1 N–H and O–H groups in total. The Hall–Kier alpha value is -1.62. The summed E-state index contributed by atoms with van der Waals surface area (Å²) >= 11 is 0. The van der Waals surface area contributed by atoms with Gasteiger partial charge in [0, 0.05) is 31.4 Å². The van der Waals surface area contributed by atoms with Gasteiger partial charge in [0.1, 0.15) is 5.82 Å². The molecule has 1 saturated heterocycles. The second kappa shape index (κ2) is 5.57. The monoisotopic (exact) mass is 263 g/mol. The molecular weight excluding hydrogens is 242 g/mol. The van der Waals surface area contributed by atoms with Gasteiger partial charge in [0.05, 0.1) is 12.2 Å². The molecule has 2 atom stereocenters. The molecule has 0 unspecified atom stereocenters. The van der Waals surface area contributed by atoms with Gasteiger partial charge in [-0.25, -0.2) is 4.98 Å². The highest BCUT2D eigenvalue weighted by Gasteiger charge is 2.26. The Labute approximate surface area is 114 Å². The number of nitrogens with one attached hydrogen (secondary N) is 1. The minimum Gasteiger partial charge on any atom is -0.373 e. The van der Waals surface area contributed by atoms with Crippen LogP contribution in [0.15, 0.2) is 12.1 Å². The third-order valence-electron chi connectivity index (χ3n) is 3.16. The van der Waals surface area contributed by atoms with Crippen molar-refractivity contribution in [2.45, 2.75) is 33.0 Å². The number of morpholine rings is 1. The smallest absolute Gasteiger partial charge is 0.254 e. The second-order valence-corrected chi connectivity index (χ2v) is 5.10. The van der Waals surface area contributed by atoms with Gasteiger partial charge in [-0.1, -0.05) is 0 Å². The summed E-state index contributed by atoms with van der Waals surface area (Å²) in [6, 6.07) is 3.62. The van der Waals surface area contributed by atoms with E-state index in [0.717, 1.165) is 11.5 Å². The summed E-state index contributed by atoms with van der Waals surface area (Å²) in [4.78, 5) is 18.7. The number of hydrogen-bond donors (Lipinski definition) is 1. The fourth-order valence-electron chi connectivity index (χ4n) is 2.45. The molecule has 1 amide bonds. The average molecular weight is 263 g/mol. The lowest BCUT2D eigenvalue weighted by Gasteiger charge is -2.35. The summed E-state index contributed by atoms with van der Waals surface area (Å²) in [5, 5.41) is 2.98. The number of anilines is 1. The molecule has 0 aromatic carbocycles. The molecule has 5 nitrogen and oxygen atoms in total. The van der Waals surface area contributed by atoms with Gasteiger partial charge in [-0.2, -0.15) is 0 Å². The Bertz CT molecular complexity index is 466. The van der Waals surface area contributed by atoms with Crippen LogP contribution < -0.4 is 5.32 Å². The van der Waals surface area contributed by atoms with Gasteiger partial charge in [0.2, 0.25) is 0 Å². The number of nitrogens with zero attached hydrogens (tertiary/aromatic N) is 2. The van der Waals surface area contributed by atoms with Crippen LogP contribution in [-0.4, -0.2) is 48.1 Å².